The molecule has 0 spiro atoms. The minimum Gasteiger partial charge on any atom is -0.319 e. The highest BCUT2D eigenvalue weighted by molar-refractivity contribution is 6.09. The van der Waals surface area contributed by atoms with Crippen LogP contribution in [0.15, 0.2) is 218 Å². The molecule has 9 aromatic carbocycles. The Kier molecular flexibility index (Phi) is 12.3. The van der Waals surface area contributed by atoms with Gasteiger partial charge in [0.15, 0.2) is 16.9 Å². The number of fused-ring (bicyclic) bond motifs is 12. The zero-order chi connectivity index (χ0) is 55.8. The number of nitrogens with zero attached hydrogens (tertiary/aromatic N) is 9. The standard InChI is InChI=1S/C30H25N3.C24H21N3.C18H17N3/c1-30(2,3)22-16-12-20(13-17-22)21-14-18-23(19-15-21)33-27-11-7-4-8-24(27)28-29(33)32-26-10-6-5-9-25(26)31-28;1-24(2,3)16-12-14-17(15-13-16)27-21-11-7-4-8-18(21)22-23(27)26-20-10-6-5-9-19(20)25-22;1-18(2,3)21-15-11-7-4-8-12(15)16-17(21)20-14-10-6-5-9-13(14)19-16/h4-19H,1-3H3;4-15H,1-3H3;4-11H,1-3H3. The molecule has 0 amide bonds. The van der Waals surface area contributed by atoms with Gasteiger partial charge in [0.1, 0.15) is 16.6 Å². The smallest absolute Gasteiger partial charge is 0.165 e. The molecule has 6 aromatic heterocycles. The summed E-state index contributed by atoms with van der Waals surface area (Å²) in [5, 5.41) is 3.42. The molecule has 0 aliphatic rings. The number of rotatable bonds is 3. The van der Waals surface area contributed by atoms with Gasteiger partial charge in [0.25, 0.3) is 0 Å². The Hall–Kier alpha value is -9.60. The molecule has 0 saturated heterocycles. The van der Waals surface area contributed by atoms with Crippen LogP contribution in [0.25, 0.3) is 122 Å². The van der Waals surface area contributed by atoms with Gasteiger partial charge in [-0.25, -0.2) is 29.9 Å². The first-order chi connectivity index (χ1) is 39.1. The predicted octanol–water partition coefficient (Wildman–Crippen LogP) is 18.2. The Morgan fingerprint density at radius 1 is 0.272 bits per heavy atom. The van der Waals surface area contributed by atoms with Gasteiger partial charge < -0.3 is 4.57 Å². The van der Waals surface area contributed by atoms with Crippen LogP contribution in [0.1, 0.15) is 73.4 Å². The summed E-state index contributed by atoms with van der Waals surface area (Å²) in [6, 6.07) is 75.8. The maximum atomic E-state index is 5.00. The summed E-state index contributed by atoms with van der Waals surface area (Å²) in [5.41, 5.74) is 22.2. The van der Waals surface area contributed by atoms with Crippen molar-refractivity contribution >= 4 is 99.3 Å². The minimum absolute atomic E-state index is 0.0432. The molecule has 0 N–H and O–H groups in total. The van der Waals surface area contributed by atoms with E-state index >= 15 is 0 Å². The Morgan fingerprint density at radius 3 is 0.938 bits per heavy atom. The highest BCUT2D eigenvalue weighted by Crippen LogP contribution is 2.36. The second-order valence-electron chi connectivity index (χ2n) is 24.1. The van der Waals surface area contributed by atoms with Crippen molar-refractivity contribution in [1.82, 2.24) is 43.6 Å². The highest BCUT2D eigenvalue weighted by atomic mass is 15.1. The summed E-state index contributed by atoms with van der Waals surface area (Å²) < 4.78 is 6.73. The van der Waals surface area contributed by atoms with Crippen molar-refractivity contribution in [2.45, 2.75) is 78.7 Å². The van der Waals surface area contributed by atoms with E-state index < -0.39 is 0 Å². The summed E-state index contributed by atoms with van der Waals surface area (Å²) in [6.45, 7) is 20.1. The van der Waals surface area contributed by atoms with Crippen molar-refractivity contribution in [2.24, 2.45) is 0 Å². The Balaban J connectivity index is 0.000000117. The molecular weight excluding hydrogens is 991 g/mol. The van der Waals surface area contributed by atoms with Crippen molar-refractivity contribution in [3.05, 3.63) is 230 Å². The second-order valence-corrected chi connectivity index (χ2v) is 24.1. The van der Waals surface area contributed by atoms with Gasteiger partial charge in [-0.15, -0.1) is 0 Å². The van der Waals surface area contributed by atoms with Gasteiger partial charge in [-0.3, -0.25) is 9.13 Å². The molecule has 9 heteroatoms. The van der Waals surface area contributed by atoms with Crippen LogP contribution < -0.4 is 0 Å². The van der Waals surface area contributed by atoms with E-state index in [2.05, 4.69) is 222 Å². The van der Waals surface area contributed by atoms with E-state index in [1.54, 1.807) is 0 Å². The maximum absolute atomic E-state index is 5.00. The molecular formula is C72H63N9. The van der Waals surface area contributed by atoms with Crippen molar-refractivity contribution in [3.63, 3.8) is 0 Å². The van der Waals surface area contributed by atoms with E-state index in [0.717, 1.165) is 99.8 Å². The fraction of sp³-hybridized carbons (Fsp3) is 0.167. The van der Waals surface area contributed by atoms with E-state index in [4.69, 9.17) is 29.9 Å². The first-order valence-corrected chi connectivity index (χ1v) is 27.9. The van der Waals surface area contributed by atoms with Crippen LogP contribution in [0.5, 0.6) is 0 Å². The zero-order valence-electron chi connectivity index (χ0n) is 47.3. The maximum Gasteiger partial charge on any atom is 0.165 e. The SMILES string of the molecule is CC(C)(C)c1ccc(-c2ccc(-n3c4ccccc4c4nc5ccccc5nc43)cc2)cc1.CC(C)(C)c1ccc(-n2c3ccccc3c3nc4ccccc4nc32)cc1.CC(C)(C)n1c2ccccc2c2nc3ccccc3nc21. The fourth-order valence-electron chi connectivity index (χ4n) is 11.2. The van der Waals surface area contributed by atoms with Crippen LogP contribution in [0, 0.1) is 0 Å². The Bertz CT molecular complexity index is 4850. The van der Waals surface area contributed by atoms with Crippen LogP contribution in [0.3, 0.4) is 0 Å². The summed E-state index contributed by atoms with van der Waals surface area (Å²) in [6.07, 6.45) is 0. The normalized spacial score (nSPS) is 12.3. The van der Waals surface area contributed by atoms with Crippen molar-refractivity contribution in [1.29, 1.82) is 0 Å². The van der Waals surface area contributed by atoms with E-state index in [1.165, 1.54) is 33.2 Å². The van der Waals surface area contributed by atoms with Gasteiger partial charge >= 0.3 is 0 Å². The third-order valence-electron chi connectivity index (χ3n) is 15.4. The predicted molar refractivity (Wildman–Crippen MR) is 338 cm³/mol. The van der Waals surface area contributed by atoms with E-state index in [1.807, 2.05) is 72.8 Å². The molecule has 396 valence electrons. The molecule has 0 atom stereocenters. The van der Waals surface area contributed by atoms with Gasteiger partial charge in [0.2, 0.25) is 0 Å². The molecule has 81 heavy (non-hydrogen) atoms. The van der Waals surface area contributed by atoms with Crippen molar-refractivity contribution in [3.8, 4) is 22.5 Å². The molecule has 0 aliphatic heterocycles. The minimum atomic E-state index is -0.0432. The number of aromatic nitrogens is 9. The Labute approximate surface area is 471 Å². The molecule has 15 rings (SSSR count). The summed E-state index contributed by atoms with van der Waals surface area (Å²) in [4.78, 5) is 29.6. The van der Waals surface area contributed by atoms with Gasteiger partial charge in [-0.05, 0) is 133 Å². The largest absolute Gasteiger partial charge is 0.319 e. The number of hydrogen-bond donors (Lipinski definition) is 0. The van der Waals surface area contributed by atoms with Gasteiger partial charge in [0, 0.05) is 33.1 Å². The average molecular weight is 1050 g/mol. The number of hydrogen-bond acceptors (Lipinski definition) is 6. The number of benzene rings is 9. The summed E-state index contributed by atoms with van der Waals surface area (Å²) in [5.74, 6) is 0. The van der Waals surface area contributed by atoms with Gasteiger partial charge in [0.05, 0.1) is 49.7 Å². The van der Waals surface area contributed by atoms with E-state index in [-0.39, 0.29) is 16.4 Å². The molecule has 6 heterocycles. The molecule has 0 saturated carbocycles. The summed E-state index contributed by atoms with van der Waals surface area (Å²) >= 11 is 0. The third kappa shape index (κ3) is 9.28. The van der Waals surface area contributed by atoms with Gasteiger partial charge in [-0.1, -0.05) is 181 Å². The monoisotopic (exact) mass is 1050 g/mol. The van der Waals surface area contributed by atoms with E-state index in [0.29, 0.717) is 0 Å². The van der Waals surface area contributed by atoms with Crippen molar-refractivity contribution < 1.29 is 0 Å². The molecule has 0 fully saturated rings. The van der Waals surface area contributed by atoms with E-state index in [9.17, 15) is 0 Å². The van der Waals surface area contributed by atoms with Crippen LogP contribution in [0.2, 0.25) is 0 Å². The molecule has 0 radical (unpaired) electrons. The molecule has 0 bridgehead atoms. The number of para-hydroxylation sites is 9. The lowest BCUT2D eigenvalue weighted by molar-refractivity contribution is 0.421. The fourth-order valence-corrected chi connectivity index (χ4v) is 11.2. The first-order valence-electron chi connectivity index (χ1n) is 27.9. The second kappa shape index (κ2) is 19.6. The highest BCUT2D eigenvalue weighted by Gasteiger charge is 2.23. The summed E-state index contributed by atoms with van der Waals surface area (Å²) in [7, 11) is 0. The average Bonchev–Trinajstić information content (AvgIpc) is 3.83. The molecule has 0 aliphatic carbocycles. The zero-order valence-corrected chi connectivity index (χ0v) is 47.3. The molecule has 9 nitrogen and oxygen atoms in total. The Morgan fingerprint density at radius 2 is 0.556 bits per heavy atom. The van der Waals surface area contributed by atoms with Crippen molar-refractivity contribution in [2.75, 3.05) is 0 Å². The van der Waals surface area contributed by atoms with Crippen LogP contribution >= 0.6 is 0 Å². The van der Waals surface area contributed by atoms with Crippen LogP contribution in [-0.2, 0) is 16.4 Å². The lowest BCUT2D eigenvalue weighted by Crippen LogP contribution is -2.21. The molecule has 15 aromatic rings. The molecule has 0 unspecified atom stereocenters. The van der Waals surface area contributed by atoms with Gasteiger partial charge in [-0.2, -0.15) is 0 Å². The third-order valence-corrected chi connectivity index (χ3v) is 15.4. The lowest BCUT2D eigenvalue weighted by atomic mass is 9.86. The van der Waals surface area contributed by atoms with Crippen LogP contribution in [-0.4, -0.2) is 43.6 Å². The lowest BCUT2D eigenvalue weighted by Gasteiger charge is -2.23. The quantitative estimate of drug-likeness (QED) is 0.175. The topological polar surface area (TPSA) is 92.1 Å². The van der Waals surface area contributed by atoms with Crippen LogP contribution in [0.4, 0.5) is 0 Å². The first kappa shape index (κ1) is 50.9.